The van der Waals surface area contributed by atoms with Crippen molar-refractivity contribution in [3.63, 3.8) is 0 Å². The minimum atomic E-state index is -1.04. The van der Waals surface area contributed by atoms with Gasteiger partial charge in [-0.2, -0.15) is 5.26 Å². The first kappa shape index (κ1) is 30.8. The second kappa shape index (κ2) is 12.7. The summed E-state index contributed by atoms with van der Waals surface area (Å²) >= 11 is 6.59. The van der Waals surface area contributed by atoms with Gasteiger partial charge < -0.3 is 14.5 Å². The summed E-state index contributed by atoms with van der Waals surface area (Å²) in [6, 6.07) is 15.9. The molecule has 11 heteroatoms. The molecule has 1 aromatic heterocycles. The summed E-state index contributed by atoms with van der Waals surface area (Å²) in [5.74, 6) is -0.868. The quantitative estimate of drug-likeness (QED) is 0.215. The van der Waals surface area contributed by atoms with Gasteiger partial charge in [-0.1, -0.05) is 23.7 Å². The van der Waals surface area contributed by atoms with Crippen molar-refractivity contribution in [3.05, 3.63) is 70.6 Å². The van der Waals surface area contributed by atoms with E-state index < -0.39 is 23.3 Å². The highest BCUT2D eigenvalue weighted by molar-refractivity contribution is 6.35. The Hall–Kier alpha value is -4.20. The number of imide groups is 1. The molecule has 3 fully saturated rings. The summed E-state index contributed by atoms with van der Waals surface area (Å²) in [5.41, 5.74) is 1.74. The van der Waals surface area contributed by atoms with E-state index in [1.165, 1.54) is 30.2 Å². The minimum Gasteiger partial charge on any atom is -0.493 e. The molecule has 3 aliphatic rings. The molecule has 3 saturated heterocycles. The van der Waals surface area contributed by atoms with Gasteiger partial charge in [-0.3, -0.25) is 9.69 Å². The van der Waals surface area contributed by atoms with Gasteiger partial charge in [0, 0.05) is 56.6 Å². The fourth-order valence-electron chi connectivity index (χ4n) is 6.84. The average molecular weight is 631 g/mol. The molecular formula is C34H36ClFN6O3. The lowest BCUT2D eigenvalue weighted by atomic mass is 9.85. The number of likely N-dealkylation sites (N-methyl/N-ethyl adjacent to an activating group) is 1. The van der Waals surface area contributed by atoms with Crippen molar-refractivity contribution in [1.82, 2.24) is 14.8 Å². The maximum absolute atomic E-state index is 15.7. The third-order valence-electron chi connectivity index (χ3n) is 9.17. The summed E-state index contributed by atoms with van der Waals surface area (Å²) in [6.45, 7) is 8.50. The summed E-state index contributed by atoms with van der Waals surface area (Å²) < 4.78 is 21.4. The number of anilines is 2. The van der Waals surface area contributed by atoms with Gasteiger partial charge in [0.05, 0.1) is 23.9 Å². The van der Waals surface area contributed by atoms with Crippen molar-refractivity contribution >= 4 is 34.9 Å². The second-order valence-electron chi connectivity index (χ2n) is 11.7. The molecule has 0 atom stereocenters. The van der Waals surface area contributed by atoms with E-state index in [9.17, 15) is 14.9 Å². The van der Waals surface area contributed by atoms with Crippen molar-refractivity contribution in [2.24, 2.45) is 0 Å². The van der Waals surface area contributed by atoms with Gasteiger partial charge >= 0.3 is 6.03 Å². The number of nitrogens with zero attached hydrogens (tertiary/aromatic N) is 6. The highest BCUT2D eigenvalue weighted by Crippen LogP contribution is 2.43. The number of pyridine rings is 1. The number of benzene rings is 2. The smallest absolute Gasteiger partial charge is 0.332 e. The molecule has 2 aromatic carbocycles. The SMILES string of the molecule is CCOc1ccc(C#N)cc1-c1nc(Cl)c(N2C(=O)N(CC)C3(CCN(Cc4ccc(N5CCCC5)cc4)CC3)C2=O)cc1F. The zero-order valence-corrected chi connectivity index (χ0v) is 26.3. The molecule has 3 amide bonds. The number of carbonyl (C=O) groups is 2. The Morgan fingerprint density at radius 2 is 1.73 bits per heavy atom. The van der Waals surface area contributed by atoms with Crippen LogP contribution in [0, 0.1) is 17.1 Å². The van der Waals surface area contributed by atoms with Crippen LogP contribution in [0.1, 0.15) is 50.7 Å². The van der Waals surface area contributed by atoms with Gasteiger partial charge in [0.25, 0.3) is 5.91 Å². The topological polar surface area (TPSA) is 93.0 Å². The predicted molar refractivity (Wildman–Crippen MR) is 171 cm³/mol. The van der Waals surface area contributed by atoms with Gasteiger partial charge in [-0.25, -0.2) is 19.1 Å². The molecule has 0 saturated carbocycles. The van der Waals surface area contributed by atoms with Crippen molar-refractivity contribution in [2.75, 3.05) is 49.1 Å². The number of ether oxygens (including phenoxy) is 1. The molecule has 0 unspecified atom stereocenters. The maximum Gasteiger partial charge on any atom is 0.332 e. The van der Waals surface area contributed by atoms with E-state index in [1.807, 2.05) is 13.0 Å². The van der Waals surface area contributed by atoms with E-state index in [-0.39, 0.29) is 22.1 Å². The zero-order valence-electron chi connectivity index (χ0n) is 25.6. The van der Waals surface area contributed by atoms with Gasteiger partial charge in [0.15, 0.2) is 11.0 Å². The van der Waals surface area contributed by atoms with Crippen molar-refractivity contribution < 1.29 is 18.7 Å². The van der Waals surface area contributed by atoms with Crippen LogP contribution in [0.25, 0.3) is 11.3 Å². The summed E-state index contributed by atoms with van der Waals surface area (Å²) in [4.78, 5) is 39.4. The molecule has 0 aliphatic carbocycles. The van der Waals surface area contributed by atoms with E-state index >= 15 is 4.39 Å². The van der Waals surface area contributed by atoms with E-state index in [1.54, 1.807) is 24.0 Å². The van der Waals surface area contributed by atoms with E-state index in [4.69, 9.17) is 16.3 Å². The number of halogens is 2. The molecule has 9 nitrogen and oxygen atoms in total. The first-order chi connectivity index (χ1) is 21.8. The molecule has 6 rings (SSSR count). The molecule has 45 heavy (non-hydrogen) atoms. The number of aromatic nitrogens is 1. The van der Waals surface area contributed by atoms with Crippen LogP contribution in [-0.4, -0.2) is 71.6 Å². The normalized spacial score (nSPS) is 18.2. The molecule has 3 aromatic rings. The van der Waals surface area contributed by atoms with Crippen molar-refractivity contribution in [3.8, 4) is 23.1 Å². The molecule has 3 aliphatic heterocycles. The van der Waals surface area contributed by atoms with Crippen LogP contribution in [0.5, 0.6) is 5.75 Å². The van der Waals surface area contributed by atoms with E-state index in [0.29, 0.717) is 50.4 Å². The Morgan fingerprint density at radius 3 is 2.38 bits per heavy atom. The summed E-state index contributed by atoms with van der Waals surface area (Å²) in [7, 11) is 0. The molecule has 0 bridgehead atoms. The second-order valence-corrected chi connectivity index (χ2v) is 12.1. The Labute approximate surface area is 267 Å². The van der Waals surface area contributed by atoms with Crippen LogP contribution in [0.4, 0.5) is 20.6 Å². The van der Waals surface area contributed by atoms with Crippen LogP contribution >= 0.6 is 11.6 Å². The minimum absolute atomic E-state index is 0.0989. The Morgan fingerprint density at radius 1 is 1.02 bits per heavy atom. The Balaban J connectivity index is 1.22. The molecule has 1 spiro atoms. The fourth-order valence-corrected chi connectivity index (χ4v) is 7.07. The van der Waals surface area contributed by atoms with Crippen LogP contribution < -0.4 is 14.5 Å². The number of carbonyl (C=O) groups excluding carboxylic acids is 2. The van der Waals surface area contributed by atoms with Gasteiger partial charge in [-0.15, -0.1) is 0 Å². The van der Waals surface area contributed by atoms with E-state index in [2.05, 4.69) is 39.0 Å². The number of likely N-dealkylation sites (tertiary alicyclic amines) is 1. The number of hydrogen-bond acceptors (Lipinski definition) is 7. The monoisotopic (exact) mass is 630 g/mol. The van der Waals surface area contributed by atoms with Crippen molar-refractivity contribution in [2.45, 2.75) is 51.6 Å². The zero-order chi connectivity index (χ0) is 31.7. The Kier molecular flexibility index (Phi) is 8.67. The van der Waals surface area contributed by atoms with Gasteiger partial charge in [0.2, 0.25) is 0 Å². The molecule has 0 N–H and O–H groups in total. The molecule has 234 valence electrons. The number of urea groups is 1. The predicted octanol–water partition coefficient (Wildman–Crippen LogP) is 6.23. The standard InChI is InChI=1S/C34H36ClFN6O3/c1-3-41-33(44)42(28-20-27(36)30(38-31(28)35)26-19-24(21-37)9-12-29(26)45-4-2)32(43)34(41)13-17-39(18-14-34)22-23-7-10-25(11-8-23)40-15-5-6-16-40/h7-12,19-20H,3-6,13-18,22H2,1-2H3. The third-order valence-corrected chi connectivity index (χ3v) is 9.45. The number of amides is 3. The van der Waals surface area contributed by atoms with Crippen LogP contribution in [0.2, 0.25) is 5.15 Å². The lowest BCUT2D eigenvalue weighted by Crippen LogP contribution is -2.56. The average Bonchev–Trinajstić information content (AvgIpc) is 3.66. The third kappa shape index (κ3) is 5.60. The lowest BCUT2D eigenvalue weighted by molar-refractivity contribution is -0.127. The number of hydrogen-bond donors (Lipinski definition) is 0. The van der Waals surface area contributed by atoms with Gasteiger partial charge in [-0.05, 0) is 75.4 Å². The number of piperidine rings is 1. The Bertz CT molecular complexity index is 1640. The van der Waals surface area contributed by atoms with E-state index in [0.717, 1.165) is 30.6 Å². The molecular weight excluding hydrogens is 595 g/mol. The molecule has 0 radical (unpaired) electrons. The van der Waals surface area contributed by atoms with Gasteiger partial charge in [0.1, 0.15) is 17.0 Å². The van der Waals surface area contributed by atoms with Crippen LogP contribution in [0.15, 0.2) is 48.5 Å². The highest BCUT2D eigenvalue weighted by Gasteiger charge is 2.58. The molecule has 4 heterocycles. The largest absolute Gasteiger partial charge is 0.493 e. The fraction of sp³-hybridized carbons (Fsp3) is 0.412. The highest BCUT2D eigenvalue weighted by atomic mass is 35.5. The first-order valence-corrected chi connectivity index (χ1v) is 15.9. The van der Waals surface area contributed by atoms with Crippen LogP contribution in [-0.2, 0) is 11.3 Å². The first-order valence-electron chi connectivity index (χ1n) is 15.6. The lowest BCUT2D eigenvalue weighted by Gasteiger charge is -2.41. The number of nitriles is 1. The summed E-state index contributed by atoms with van der Waals surface area (Å²) in [5, 5.41) is 9.19. The van der Waals surface area contributed by atoms with Crippen LogP contribution in [0.3, 0.4) is 0 Å². The van der Waals surface area contributed by atoms with Crippen molar-refractivity contribution in [1.29, 1.82) is 5.26 Å². The summed E-state index contributed by atoms with van der Waals surface area (Å²) in [6.07, 6.45) is 3.39. The number of rotatable bonds is 8. The maximum atomic E-state index is 15.7.